The second-order valence-corrected chi connectivity index (χ2v) is 11.7. The number of carboxylic acid groups (broad SMARTS) is 1. The maximum absolute atomic E-state index is 12.7. The highest BCUT2D eigenvalue weighted by atomic mass is 32.2. The number of nitrogens with one attached hydrogen (secondary N) is 1. The first-order chi connectivity index (χ1) is 15.3. The summed E-state index contributed by atoms with van der Waals surface area (Å²) in [5, 5.41) is 14.3. The summed E-state index contributed by atoms with van der Waals surface area (Å²) in [7, 11) is -1.48. The third-order valence-electron chi connectivity index (χ3n) is 4.79. The Morgan fingerprint density at radius 2 is 2.22 bits per heavy atom. The van der Waals surface area contributed by atoms with Crippen molar-refractivity contribution in [1.29, 1.82) is 0 Å². The van der Waals surface area contributed by atoms with Crippen LogP contribution in [0.5, 0.6) is 0 Å². The van der Waals surface area contributed by atoms with Crippen LogP contribution in [-0.2, 0) is 25.2 Å². The fourth-order valence-corrected chi connectivity index (χ4v) is 7.76. The second kappa shape index (κ2) is 9.41. The lowest BCUT2D eigenvalue weighted by molar-refractivity contribution is -0.150. The molecule has 32 heavy (non-hydrogen) atoms. The normalized spacial score (nSPS) is 21.2. The molecule has 2 aromatic heterocycles. The third kappa shape index (κ3) is 4.51. The van der Waals surface area contributed by atoms with Gasteiger partial charge in [-0.15, -0.1) is 23.1 Å². The van der Waals surface area contributed by atoms with Crippen LogP contribution in [0.3, 0.4) is 0 Å². The Morgan fingerprint density at radius 3 is 2.84 bits per heavy atom. The number of aromatic nitrogens is 1. The van der Waals surface area contributed by atoms with E-state index in [0.29, 0.717) is 32.3 Å². The van der Waals surface area contributed by atoms with E-state index in [9.17, 15) is 23.7 Å². The van der Waals surface area contributed by atoms with Crippen molar-refractivity contribution >= 4 is 63.4 Å². The number of oxazole rings is 1. The van der Waals surface area contributed by atoms with E-state index in [2.05, 4.69) is 10.3 Å². The number of carbonyl (C=O) groups excluding carboxylic acids is 2. The Morgan fingerprint density at radius 1 is 1.44 bits per heavy atom. The SMILES string of the molecule is Cc1nc(C)c(SCC2=C(C(=O)O)N3C(=O)C(NC(=O)CS(=O)c4cccs4)[C@@H]3SC2)o1. The first kappa shape index (κ1) is 23.1. The molecule has 0 radical (unpaired) electrons. The summed E-state index contributed by atoms with van der Waals surface area (Å²) in [5.41, 5.74) is 1.29. The maximum Gasteiger partial charge on any atom is 0.352 e. The quantitative estimate of drug-likeness (QED) is 0.402. The first-order valence-corrected chi connectivity index (χ1v) is 13.7. The van der Waals surface area contributed by atoms with E-state index >= 15 is 0 Å². The molecule has 170 valence electrons. The van der Waals surface area contributed by atoms with Gasteiger partial charge in [0.05, 0.1) is 20.7 Å². The fraction of sp³-hybridized carbons (Fsp3) is 0.368. The van der Waals surface area contributed by atoms with Crippen LogP contribution in [0.4, 0.5) is 0 Å². The zero-order valence-corrected chi connectivity index (χ0v) is 20.3. The largest absolute Gasteiger partial charge is 0.477 e. The molecule has 2 amide bonds. The highest BCUT2D eigenvalue weighted by Crippen LogP contribution is 2.41. The molecule has 4 heterocycles. The summed E-state index contributed by atoms with van der Waals surface area (Å²) in [6.07, 6.45) is 0. The summed E-state index contributed by atoms with van der Waals surface area (Å²) in [4.78, 5) is 42.4. The summed E-state index contributed by atoms with van der Waals surface area (Å²) in [5.74, 6) is -1.14. The number of hydrogen-bond donors (Lipinski definition) is 2. The molecule has 2 unspecified atom stereocenters. The van der Waals surface area contributed by atoms with Gasteiger partial charge in [0.15, 0.2) is 11.0 Å². The van der Waals surface area contributed by atoms with Crippen molar-refractivity contribution in [1.82, 2.24) is 15.2 Å². The average Bonchev–Trinajstić information content (AvgIpc) is 3.39. The van der Waals surface area contributed by atoms with Crippen LogP contribution in [0, 0.1) is 13.8 Å². The van der Waals surface area contributed by atoms with Crippen LogP contribution < -0.4 is 5.32 Å². The summed E-state index contributed by atoms with van der Waals surface area (Å²) in [6.45, 7) is 3.55. The number of nitrogens with zero attached hydrogens (tertiary/aromatic N) is 2. The van der Waals surface area contributed by atoms with E-state index in [1.807, 2.05) is 6.92 Å². The van der Waals surface area contributed by atoms with E-state index in [4.69, 9.17) is 4.42 Å². The van der Waals surface area contributed by atoms with Gasteiger partial charge in [-0.3, -0.25) is 18.7 Å². The molecule has 1 fully saturated rings. The molecule has 1 saturated heterocycles. The molecule has 2 aliphatic heterocycles. The highest BCUT2D eigenvalue weighted by Gasteiger charge is 2.54. The molecule has 0 aromatic carbocycles. The molecule has 9 nitrogen and oxygen atoms in total. The number of aliphatic carboxylic acids is 1. The molecule has 2 N–H and O–H groups in total. The van der Waals surface area contributed by atoms with E-state index in [-0.39, 0.29) is 11.4 Å². The van der Waals surface area contributed by atoms with Gasteiger partial charge in [0.25, 0.3) is 5.91 Å². The van der Waals surface area contributed by atoms with Gasteiger partial charge in [-0.05, 0) is 23.9 Å². The van der Waals surface area contributed by atoms with Crippen LogP contribution in [0.15, 0.2) is 42.5 Å². The minimum atomic E-state index is -1.48. The van der Waals surface area contributed by atoms with Crippen molar-refractivity contribution in [2.24, 2.45) is 0 Å². The summed E-state index contributed by atoms with van der Waals surface area (Å²) < 4.78 is 18.3. The number of thioether (sulfide) groups is 2. The molecule has 2 aliphatic rings. The Hall–Kier alpha value is -2.09. The predicted molar refractivity (Wildman–Crippen MR) is 122 cm³/mol. The average molecular weight is 514 g/mol. The molecule has 2 aromatic rings. The van der Waals surface area contributed by atoms with Crippen LogP contribution in [-0.4, -0.2) is 65.7 Å². The van der Waals surface area contributed by atoms with Gasteiger partial charge in [-0.25, -0.2) is 9.78 Å². The number of β-lactam (4-membered cyclic amide) rings is 1. The van der Waals surface area contributed by atoms with E-state index in [1.165, 1.54) is 39.8 Å². The van der Waals surface area contributed by atoms with Crippen molar-refractivity contribution in [2.75, 3.05) is 17.3 Å². The van der Waals surface area contributed by atoms with E-state index in [1.54, 1.807) is 24.4 Å². The van der Waals surface area contributed by atoms with Gasteiger partial charge in [0, 0.05) is 18.4 Å². The first-order valence-electron chi connectivity index (χ1n) is 9.44. The summed E-state index contributed by atoms with van der Waals surface area (Å²) >= 11 is 4.03. The van der Waals surface area contributed by atoms with Crippen molar-refractivity contribution in [2.45, 2.75) is 34.6 Å². The zero-order chi connectivity index (χ0) is 23.0. The third-order valence-corrected chi connectivity index (χ3v) is 9.88. The topological polar surface area (TPSA) is 130 Å². The molecule has 0 bridgehead atoms. The molecule has 4 rings (SSSR count). The lowest BCUT2D eigenvalue weighted by atomic mass is 10.0. The monoisotopic (exact) mass is 513 g/mol. The number of amides is 2. The van der Waals surface area contributed by atoms with Gasteiger partial charge < -0.3 is 14.8 Å². The van der Waals surface area contributed by atoms with Gasteiger partial charge >= 0.3 is 5.97 Å². The van der Waals surface area contributed by atoms with Crippen LogP contribution in [0.2, 0.25) is 0 Å². The molecular weight excluding hydrogens is 494 g/mol. The molecule has 0 spiro atoms. The second-order valence-electron chi connectivity index (χ2n) is 7.03. The van der Waals surface area contributed by atoms with Crippen LogP contribution in [0.1, 0.15) is 11.6 Å². The van der Waals surface area contributed by atoms with Crippen molar-refractivity contribution in [3.63, 3.8) is 0 Å². The number of carbonyl (C=O) groups is 3. The lowest BCUT2D eigenvalue weighted by Crippen LogP contribution is -2.70. The number of thiophene rings is 1. The number of rotatable bonds is 8. The fourth-order valence-electron chi connectivity index (χ4n) is 3.39. The summed E-state index contributed by atoms with van der Waals surface area (Å²) in [6, 6.07) is 2.60. The molecule has 13 heteroatoms. The minimum Gasteiger partial charge on any atom is -0.477 e. The maximum atomic E-state index is 12.7. The van der Waals surface area contributed by atoms with Crippen molar-refractivity contribution in [3.8, 4) is 0 Å². The molecule has 0 aliphatic carbocycles. The van der Waals surface area contributed by atoms with Gasteiger partial charge in [-0.1, -0.05) is 17.8 Å². The molecule has 3 atom stereocenters. The molecule has 0 saturated carbocycles. The highest BCUT2D eigenvalue weighted by molar-refractivity contribution is 8.01. The Bertz CT molecular complexity index is 1130. The van der Waals surface area contributed by atoms with Gasteiger partial charge in [0.1, 0.15) is 22.9 Å². The van der Waals surface area contributed by atoms with Crippen molar-refractivity contribution in [3.05, 3.63) is 40.4 Å². The van der Waals surface area contributed by atoms with Crippen molar-refractivity contribution < 1.29 is 28.1 Å². The number of aryl methyl sites for hydroxylation is 2. The van der Waals surface area contributed by atoms with E-state index < -0.39 is 40.0 Å². The minimum absolute atomic E-state index is 0.0483. The Balaban J connectivity index is 1.42. The smallest absolute Gasteiger partial charge is 0.352 e. The number of hydrogen-bond acceptors (Lipinski definition) is 9. The molecular formula is C19H19N3O6S4. The van der Waals surface area contributed by atoms with E-state index in [0.717, 1.165) is 5.69 Å². The zero-order valence-electron chi connectivity index (χ0n) is 17.0. The Kier molecular flexibility index (Phi) is 6.79. The van der Waals surface area contributed by atoms with Crippen LogP contribution in [0.25, 0.3) is 0 Å². The number of fused-ring (bicyclic) bond motifs is 1. The van der Waals surface area contributed by atoms with Gasteiger partial charge in [0.2, 0.25) is 5.91 Å². The predicted octanol–water partition coefficient (Wildman–Crippen LogP) is 1.99. The Labute approximate surface area is 198 Å². The van der Waals surface area contributed by atoms with Crippen LogP contribution >= 0.6 is 34.9 Å². The lowest BCUT2D eigenvalue weighted by Gasteiger charge is -2.49. The number of carboxylic acids is 1. The van der Waals surface area contributed by atoms with Gasteiger partial charge in [-0.2, -0.15) is 0 Å². The standard InChI is InChI=1S/C19H19N3O6S4/c1-9-19(28-10(2)20-9)31-7-11-6-30-17-14(16(24)22(17)15(11)18(25)26)21-12(23)8-32(27)13-4-3-5-29-13/h3-5,14,17H,6-8H2,1-2H3,(H,21,23)(H,25,26)/t14?,17-,32?/m0/s1.